The first-order valence-electron chi connectivity index (χ1n) is 8.81. The van der Waals surface area contributed by atoms with Crippen LogP contribution in [0.15, 0.2) is 12.1 Å². The van der Waals surface area contributed by atoms with Crippen LogP contribution in [0, 0.1) is 0 Å². The van der Waals surface area contributed by atoms with Crippen LogP contribution in [0.25, 0.3) is 0 Å². The lowest BCUT2D eigenvalue weighted by Gasteiger charge is -2.10. The Morgan fingerprint density at radius 1 is 0.957 bits per heavy atom. The van der Waals surface area contributed by atoms with Gasteiger partial charge in [0.15, 0.2) is 0 Å². The highest BCUT2D eigenvalue weighted by Crippen LogP contribution is 2.31. The molecule has 0 amide bonds. The largest absolute Gasteiger partial charge is 0.506 e. The molecule has 23 heavy (non-hydrogen) atoms. The third kappa shape index (κ3) is 7.26. The Kier molecular flexibility index (Phi) is 9.77. The molecule has 0 atom stereocenters. The van der Waals surface area contributed by atoms with E-state index in [1.165, 1.54) is 63.5 Å². The highest BCUT2D eigenvalue weighted by atomic mass is 35.5. The molecule has 0 aliphatic rings. The summed E-state index contributed by atoms with van der Waals surface area (Å²) in [6, 6.07) is 2.77. The molecule has 130 valence electrons. The molecule has 0 aliphatic heterocycles. The summed E-state index contributed by atoms with van der Waals surface area (Å²) in [4.78, 5) is 11.2. The van der Waals surface area contributed by atoms with Crippen LogP contribution in [-0.2, 0) is 6.42 Å². The summed E-state index contributed by atoms with van der Waals surface area (Å²) < 4.78 is 0. The number of hydrogen-bond donors (Lipinski definition) is 2. The molecule has 1 rings (SSSR count). The maximum atomic E-state index is 11.2. The van der Waals surface area contributed by atoms with Crippen LogP contribution in [0.3, 0.4) is 0 Å². The van der Waals surface area contributed by atoms with E-state index in [9.17, 15) is 15.0 Å². The van der Waals surface area contributed by atoms with Crippen molar-refractivity contribution in [3.8, 4) is 5.75 Å². The first kappa shape index (κ1) is 19.8. The van der Waals surface area contributed by atoms with Crippen LogP contribution >= 0.6 is 11.6 Å². The molecular weight excluding hydrogens is 312 g/mol. The van der Waals surface area contributed by atoms with Gasteiger partial charge in [-0.2, -0.15) is 0 Å². The minimum atomic E-state index is -0.992. The van der Waals surface area contributed by atoms with Gasteiger partial charge in [0.05, 0.1) is 10.6 Å². The molecule has 4 heteroatoms. The van der Waals surface area contributed by atoms with E-state index < -0.39 is 5.97 Å². The summed E-state index contributed by atoms with van der Waals surface area (Å²) >= 11 is 6.05. The van der Waals surface area contributed by atoms with Gasteiger partial charge < -0.3 is 10.2 Å². The Morgan fingerprint density at radius 2 is 1.48 bits per heavy atom. The van der Waals surface area contributed by atoms with Gasteiger partial charge in [0.2, 0.25) is 0 Å². The minimum Gasteiger partial charge on any atom is -0.506 e. The highest BCUT2D eigenvalue weighted by Gasteiger charge is 2.15. The third-order valence-electron chi connectivity index (χ3n) is 4.23. The second-order valence-corrected chi connectivity index (χ2v) is 6.54. The van der Waals surface area contributed by atoms with E-state index in [1.54, 1.807) is 0 Å². The number of unbranched alkanes of at least 4 members (excludes halogenated alkanes) is 9. The second-order valence-electron chi connectivity index (χ2n) is 6.16. The SMILES string of the molecule is CCCCCCCCCCCCc1c(C(=O)O)ccc(O)c1Cl. The zero-order chi connectivity index (χ0) is 17.1. The van der Waals surface area contributed by atoms with Gasteiger partial charge in [-0.3, -0.25) is 0 Å². The van der Waals surface area contributed by atoms with Gasteiger partial charge in [-0.15, -0.1) is 0 Å². The van der Waals surface area contributed by atoms with Crippen molar-refractivity contribution in [1.82, 2.24) is 0 Å². The van der Waals surface area contributed by atoms with E-state index in [4.69, 9.17) is 11.6 Å². The normalized spacial score (nSPS) is 10.9. The Morgan fingerprint density at radius 3 is 2.00 bits per heavy atom. The minimum absolute atomic E-state index is 0.0428. The summed E-state index contributed by atoms with van der Waals surface area (Å²) in [5.74, 6) is -1.03. The molecule has 0 spiro atoms. The van der Waals surface area contributed by atoms with E-state index in [0.29, 0.717) is 12.0 Å². The number of aromatic hydroxyl groups is 1. The lowest BCUT2D eigenvalue weighted by Crippen LogP contribution is -2.03. The van der Waals surface area contributed by atoms with Gasteiger partial charge in [0, 0.05) is 0 Å². The zero-order valence-corrected chi connectivity index (χ0v) is 14.9. The van der Waals surface area contributed by atoms with Crippen LogP contribution in [-0.4, -0.2) is 16.2 Å². The van der Waals surface area contributed by atoms with E-state index in [2.05, 4.69) is 6.92 Å². The molecule has 2 N–H and O–H groups in total. The third-order valence-corrected chi connectivity index (χ3v) is 4.66. The number of carboxylic acids is 1. The van der Waals surface area contributed by atoms with Gasteiger partial charge in [-0.05, 0) is 30.5 Å². The molecule has 0 saturated heterocycles. The van der Waals surface area contributed by atoms with E-state index >= 15 is 0 Å². The van der Waals surface area contributed by atoms with Crippen LogP contribution in [0.4, 0.5) is 0 Å². The average molecular weight is 341 g/mol. The van der Waals surface area contributed by atoms with Crippen molar-refractivity contribution in [1.29, 1.82) is 0 Å². The molecule has 0 aromatic heterocycles. The quantitative estimate of drug-likeness (QED) is 0.445. The first-order chi connectivity index (χ1) is 11.1. The van der Waals surface area contributed by atoms with Gasteiger partial charge in [0.25, 0.3) is 0 Å². The smallest absolute Gasteiger partial charge is 0.336 e. The van der Waals surface area contributed by atoms with Gasteiger partial charge >= 0.3 is 5.97 Å². The summed E-state index contributed by atoms with van der Waals surface area (Å²) in [7, 11) is 0. The van der Waals surface area contributed by atoms with Crippen LogP contribution < -0.4 is 0 Å². The fraction of sp³-hybridized carbons (Fsp3) is 0.632. The molecule has 0 saturated carbocycles. The standard InChI is InChI=1S/C19H29ClO3/c1-2-3-4-5-6-7-8-9-10-11-12-15-16(19(22)23)13-14-17(21)18(15)20/h13-14,21H,2-12H2,1H3,(H,22,23). The van der Waals surface area contributed by atoms with E-state index in [0.717, 1.165) is 12.8 Å². The Labute approximate surface area is 144 Å². The highest BCUT2D eigenvalue weighted by molar-refractivity contribution is 6.33. The molecule has 0 radical (unpaired) electrons. The fourth-order valence-electron chi connectivity index (χ4n) is 2.84. The maximum absolute atomic E-state index is 11.2. The lowest BCUT2D eigenvalue weighted by atomic mass is 9.99. The van der Waals surface area contributed by atoms with Crippen LogP contribution in [0.5, 0.6) is 5.75 Å². The molecular formula is C19H29ClO3. The number of phenols is 1. The second kappa shape index (κ2) is 11.3. The zero-order valence-electron chi connectivity index (χ0n) is 14.1. The molecule has 0 unspecified atom stereocenters. The average Bonchev–Trinajstić information content (AvgIpc) is 2.52. The van der Waals surface area contributed by atoms with Crippen molar-refractivity contribution in [2.45, 2.75) is 77.6 Å². The van der Waals surface area contributed by atoms with Crippen molar-refractivity contribution < 1.29 is 15.0 Å². The van der Waals surface area contributed by atoms with Gasteiger partial charge in [-0.1, -0.05) is 76.3 Å². The monoisotopic (exact) mass is 340 g/mol. The van der Waals surface area contributed by atoms with Crippen molar-refractivity contribution >= 4 is 17.6 Å². The molecule has 3 nitrogen and oxygen atoms in total. The predicted molar refractivity (Wildman–Crippen MR) is 95.6 cm³/mol. The Hall–Kier alpha value is -1.22. The number of carboxylic acid groups (broad SMARTS) is 1. The summed E-state index contributed by atoms with van der Waals surface area (Å²) in [5, 5.41) is 19.0. The summed E-state index contributed by atoms with van der Waals surface area (Å²) in [6.07, 6.45) is 12.9. The van der Waals surface area contributed by atoms with Crippen LogP contribution in [0.1, 0.15) is 87.1 Å². The molecule has 1 aromatic rings. The fourth-order valence-corrected chi connectivity index (χ4v) is 3.10. The van der Waals surface area contributed by atoms with Crippen molar-refractivity contribution in [2.75, 3.05) is 0 Å². The number of benzene rings is 1. The van der Waals surface area contributed by atoms with Crippen molar-refractivity contribution in [2.24, 2.45) is 0 Å². The number of halogens is 1. The Balaban J connectivity index is 2.26. The molecule has 1 aromatic carbocycles. The number of phenolic OH excluding ortho intramolecular Hbond substituents is 1. The number of rotatable bonds is 12. The lowest BCUT2D eigenvalue weighted by molar-refractivity contribution is 0.0695. The van der Waals surface area contributed by atoms with E-state index in [1.807, 2.05) is 0 Å². The maximum Gasteiger partial charge on any atom is 0.336 e. The van der Waals surface area contributed by atoms with Crippen molar-refractivity contribution in [3.05, 3.63) is 28.3 Å². The Bertz CT molecular complexity index is 486. The summed E-state index contributed by atoms with van der Waals surface area (Å²) in [5.41, 5.74) is 0.752. The van der Waals surface area contributed by atoms with Crippen molar-refractivity contribution in [3.63, 3.8) is 0 Å². The van der Waals surface area contributed by atoms with Crippen LogP contribution in [0.2, 0.25) is 5.02 Å². The first-order valence-corrected chi connectivity index (χ1v) is 9.19. The molecule has 0 bridgehead atoms. The molecule has 0 aliphatic carbocycles. The predicted octanol–water partition coefficient (Wildman–Crippen LogP) is 6.21. The number of aromatic carboxylic acids is 1. The number of carbonyl (C=O) groups is 1. The van der Waals surface area contributed by atoms with E-state index in [-0.39, 0.29) is 16.3 Å². The van der Waals surface area contributed by atoms with Gasteiger partial charge in [0.1, 0.15) is 5.75 Å². The summed E-state index contributed by atoms with van der Waals surface area (Å²) in [6.45, 7) is 2.23. The molecule has 0 fully saturated rings. The topological polar surface area (TPSA) is 57.5 Å². The molecule has 0 heterocycles. The number of hydrogen-bond acceptors (Lipinski definition) is 2. The van der Waals surface area contributed by atoms with Gasteiger partial charge in [-0.25, -0.2) is 4.79 Å².